The van der Waals surface area contributed by atoms with Crippen LogP contribution in [0.15, 0.2) is 54.6 Å². The lowest BCUT2D eigenvalue weighted by Crippen LogP contribution is -2.45. The third-order valence-corrected chi connectivity index (χ3v) is 5.90. The van der Waals surface area contributed by atoms with E-state index in [4.69, 9.17) is 4.74 Å². The van der Waals surface area contributed by atoms with E-state index in [0.29, 0.717) is 13.1 Å². The average Bonchev–Trinajstić information content (AvgIpc) is 3.17. The number of nitrogens with one attached hydrogen (secondary N) is 2. The second-order valence-corrected chi connectivity index (χ2v) is 7.83. The minimum Gasteiger partial charge on any atom is -0.379 e. The third kappa shape index (κ3) is 4.67. The number of benzene rings is 2. The molecule has 28 heavy (non-hydrogen) atoms. The maximum atomic E-state index is 12.4. The number of hydrogen-bond acceptors (Lipinski definition) is 5. The van der Waals surface area contributed by atoms with Crippen molar-refractivity contribution in [1.29, 1.82) is 0 Å². The summed E-state index contributed by atoms with van der Waals surface area (Å²) in [4.78, 5) is 19.3. The molecule has 0 bridgehead atoms. The first-order valence-corrected chi connectivity index (χ1v) is 10.3. The van der Waals surface area contributed by atoms with Gasteiger partial charge in [-0.25, -0.2) is 9.78 Å². The van der Waals surface area contributed by atoms with Crippen LogP contribution in [0.5, 0.6) is 0 Å². The predicted molar refractivity (Wildman–Crippen MR) is 111 cm³/mol. The summed E-state index contributed by atoms with van der Waals surface area (Å²) < 4.78 is 6.61. The van der Waals surface area contributed by atoms with Crippen LogP contribution in [-0.2, 0) is 11.3 Å². The van der Waals surface area contributed by atoms with Crippen LogP contribution >= 0.6 is 11.3 Å². The van der Waals surface area contributed by atoms with Crippen LogP contribution in [0.25, 0.3) is 10.2 Å². The number of para-hydroxylation sites is 1. The first-order chi connectivity index (χ1) is 13.8. The smallest absolute Gasteiger partial charge is 0.315 e. The lowest BCUT2D eigenvalue weighted by molar-refractivity contribution is 0.0167. The van der Waals surface area contributed by atoms with Crippen LogP contribution in [0.4, 0.5) is 4.79 Å². The molecule has 1 fully saturated rings. The van der Waals surface area contributed by atoms with Crippen LogP contribution in [0, 0.1) is 0 Å². The molecule has 0 saturated carbocycles. The van der Waals surface area contributed by atoms with Gasteiger partial charge in [0.2, 0.25) is 0 Å². The van der Waals surface area contributed by atoms with E-state index in [-0.39, 0.29) is 12.1 Å². The number of nitrogens with zero attached hydrogens (tertiary/aromatic N) is 2. The minimum atomic E-state index is -0.173. The van der Waals surface area contributed by atoms with Gasteiger partial charge in [-0.3, -0.25) is 4.90 Å². The van der Waals surface area contributed by atoms with Crippen molar-refractivity contribution in [2.75, 3.05) is 32.8 Å². The molecule has 4 rings (SSSR count). The summed E-state index contributed by atoms with van der Waals surface area (Å²) in [5.41, 5.74) is 2.18. The number of hydrogen-bond donors (Lipinski definition) is 2. The highest BCUT2D eigenvalue weighted by molar-refractivity contribution is 7.18. The van der Waals surface area contributed by atoms with E-state index in [2.05, 4.69) is 32.7 Å². The van der Waals surface area contributed by atoms with E-state index in [1.165, 1.54) is 5.56 Å². The standard InChI is InChI=1S/C21H24N4O2S/c26-21(23-15-20-24-17-8-4-5-9-19(17)28-20)22-14-18(16-6-2-1-3-7-16)25-10-12-27-13-11-25/h1-9,18H,10-15H2,(H2,22,23,26). The zero-order valence-electron chi connectivity index (χ0n) is 15.6. The summed E-state index contributed by atoms with van der Waals surface area (Å²) in [7, 11) is 0. The van der Waals surface area contributed by atoms with E-state index in [9.17, 15) is 4.79 Å². The van der Waals surface area contributed by atoms with E-state index in [1.807, 2.05) is 42.5 Å². The van der Waals surface area contributed by atoms with Gasteiger partial charge in [-0.05, 0) is 17.7 Å². The van der Waals surface area contributed by atoms with Crippen molar-refractivity contribution in [1.82, 2.24) is 20.5 Å². The number of thiazole rings is 1. The molecule has 1 unspecified atom stereocenters. The number of carbonyl (C=O) groups excluding carboxylic acids is 1. The number of urea groups is 1. The molecule has 2 aromatic carbocycles. The molecule has 0 radical (unpaired) electrons. The largest absolute Gasteiger partial charge is 0.379 e. The number of fused-ring (bicyclic) bond motifs is 1. The third-order valence-electron chi connectivity index (χ3n) is 4.87. The second kappa shape index (κ2) is 9.14. The Hall–Kier alpha value is -2.48. The summed E-state index contributed by atoms with van der Waals surface area (Å²) in [5, 5.41) is 6.86. The van der Waals surface area contributed by atoms with Crippen LogP contribution < -0.4 is 10.6 Å². The van der Waals surface area contributed by atoms with E-state index < -0.39 is 0 Å². The first-order valence-electron chi connectivity index (χ1n) is 9.52. The topological polar surface area (TPSA) is 66.5 Å². The molecule has 1 atom stereocenters. The van der Waals surface area contributed by atoms with Crippen LogP contribution in [0.2, 0.25) is 0 Å². The van der Waals surface area contributed by atoms with Gasteiger partial charge in [-0.1, -0.05) is 42.5 Å². The summed E-state index contributed by atoms with van der Waals surface area (Å²) in [6.45, 7) is 4.18. The van der Waals surface area contributed by atoms with Crippen molar-refractivity contribution < 1.29 is 9.53 Å². The average molecular weight is 397 g/mol. The lowest BCUT2D eigenvalue weighted by atomic mass is 10.0. The van der Waals surface area contributed by atoms with Gasteiger partial charge < -0.3 is 15.4 Å². The Morgan fingerprint density at radius 1 is 1.07 bits per heavy atom. The molecule has 7 heteroatoms. The van der Waals surface area contributed by atoms with Gasteiger partial charge in [0, 0.05) is 19.6 Å². The van der Waals surface area contributed by atoms with Crippen molar-refractivity contribution in [2.45, 2.75) is 12.6 Å². The van der Waals surface area contributed by atoms with Crippen molar-refractivity contribution in [2.24, 2.45) is 0 Å². The summed E-state index contributed by atoms with van der Waals surface area (Å²) in [6.07, 6.45) is 0. The zero-order chi connectivity index (χ0) is 19.2. The highest BCUT2D eigenvalue weighted by Gasteiger charge is 2.23. The fraction of sp³-hybridized carbons (Fsp3) is 0.333. The van der Waals surface area contributed by atoms with Crippen LogP contribution in [0.3, 0.4) is 0 Å². The molecule has 0 aliphatic carbocycles. The van der Waals surface area contributed by atoms with Crippen molar-refractivity contribution in [3.63, 3.8) is 0 Å². The molecular formula is C21H24N4O2S. The molecule has 6 nitrogen and oxygen atoms in total. The van der Waals surface area contributed by atoms with Gasteiger partial charge in [0.1, 0.15) is 5.01 Å². The van der Waals surface area contributed by atoms with Crippen LogP contribution in [-0.4, -0.2) is 48.8 Å². The normalized spacial score (nSPS) is 16.0. The summed E-state index contributed by atoms with van der Waals surface area (Å²) in [5.74, 6) is 0. The Morgan fingerprint density at radius 3 is 2.61 bits per heavy atom. The molecule has 0 spiro atoms. The molecule has 1 aromatic heterocycles. The van der Waals surface area contributed by atoms with E-state index in [1.54, 1.807) is 11.3 Å². The number of ether oxygens (including phenoxy) is 1. The second-order valence-electron chi connectivity index (χ2n) is 6.71. The molecule has 1 saturated heterocycles. The molecule has 146 valence electrons. The van der Waals surface area contributed by atoms with Gasteiger partial charge in [-0.2, -0.15) is 0 Å². The highest BCUT2D eigenvalue weighted by Crippen LogP contribution is 2.22. The number of amides is 2. The SMILES string of the molecule is O=C(NCc1nc2ccccc2s1)NCC(c1ccccc1)N1CCOCC1. The Labute approximate surface area is 168 Å². The summed E-state index contributed by atoms with van der Waals surface area (Å²) in [6, 6.07) is 18.3. The maximum Gasteiger partial charge on any atom is 0.315 e. The molecular weight excluding hydrogens is 372 g/mol. The summed E-state index contributed by atoms with van der Waals surface area (Å²) >= 11 is 1.61. The quantitative estimate of drug-likeness (QED) is 0.672. The van der Waals surface area contributed by atoms with Gasteiger partial charge in [0.25, 0.3) is 0 Å². The van der Waals surface area contributed by atoms with Crippen molar-refractivity contribution in [3.8, 4) is 0 Å². The van der Waals surface area contributed by atoms with Gasteiger partial charge in [0.15, 0.2) is 0 Å². The molecule has 1 aliphatic heterocycles. The lowest BCUT2D eigenvalue weighted by Gasteiger charge is -2.34. The highest BCUT2D eigenvalue weighted by atomic mass is 32.1. The Morgan fingerprint density at radius 2 is 1.82 bits per heavy atom. The maximum absolute atomic E-state index is 12.4. The van der Waals surface area contributed by atoms with Crippen molar-refractivity contribution >= 4 is 27.6 Å². The monoisotopic (exact) mass is 396 g/mol. The van der Waals surface area contributed by atoms with Gasteiger partial charge >= 0.3 is 6.03 Å². The Bertz CT molecular complexity index is 876. The Kier molecular flexibility index (Phi) is 6.16. The number of carbonyl (C=O) groups is 1. The van der Waals surface area contributed by atoms with E-state index >= 15 is 0 Å². The first kappa shape index (κ1) is 18.9. The van der Waals surface area contributed by atoms with Gasteiger partial charge in [-0.15, -0.1) is 11.3 Å². The number of morpholine rings is 1. The molecule has 2 N–H and O–H groups in total. The van der Waals surface area contributed by atoms with Crippen LogP contribution in [0.1, 0.15) is 16.6 Å². The molecule has 2 amide bonds. The zero-order valence-corrected chi connectivity index (χ0v) is 16.5. The Balaban J connectivity index is 1.34. The molecule has 1 aliphatic rings. The number of aromatic nitrogens is 1. The predicted octanol–water partition coefficient (Wildman–Crippen LogP) is 3.17. The van der Waals surface area contributed by atoms with Gasteiger partial charge in [0.05, 0.1) is 36.0 Å². The number of rotatable bonds is 6. The fourth-order valence-corrected chi connectivity index (χ4v) is 4.33. The van der Waals surface area contributed by atoms with Crippen molar-refractivity contribution in [3.05, 3.63) is 65.2 Å². The fourth-order valence-electron chi connectivity index (χ4n) is 3.43. The molecule has 2 heterocycles. The molecule has 3 aromatic rings. The minimum absolute atomic E-state index is 0.137. The van der Waals surface area contributed by atoms with E-state index in [0.717, 1.165) is 41.5 Å².